The van der Waals surface area contributed by atoms with Crippen LogP contribution in [0, 0.1) is 11.2 Å². The van der Waals surface area contributed by atoms with Crippen molar-refractivity contribution < 1.29 is 9.13 Å². The van der Waals surface area contributed by atoms with E-state index in [1.165, 1.54) is 6.07 Å². The van der Waals surface area contributed by atoms with E-state index in [1.54, 1.807) is 13.2 Å². The fourth-order valence-corrected chi connectivity index (χ4v) is 3.02. The number of halogens is 2. The van der Waals surface area contributed by atoms with E-state index in [1.807, 2.05) is 6.07 Å². The Balaban J connectivity index is 2.69. The van der Waals surface area contributed by atoms with Gasteiger partial charge in [-0.25, -0.2) is 4.39 Å². The molecule has 1 unspecified atom stereocenters. The van der Waals surface area contributed by atoms with Crippen molar-refractivity contribution in [2.24, 2.45) is 5.41 Å². The molecule has 0 saturated heterocycles. The molecular formula is C16H25BrFNO. The van der Waals surface area contributed by atoms with E-state index in [9.17, 15) is 4.39 Å². The van der Waals surface area contributed by atoms with E-state index < -0.39 is 0 Å². The second kappa shape index (κ2) is 8.75. The van der Waals surface area contributed by atoms with Crippen molar-refractivity contribution >= 4 is 15.9 Å². The maximum atomic E-state index is 13.2. The van der Waals surface area contributed by atoms with Crippen molar-refractivity contribution in [2.45, 2.75) is 33.1 Å². The Labute approximate surface area is 130 Å². The number of benzene rings is 1. The number of hydrogen-bond donors (Lipinski definition) is 1. The Morgan fingerprint density at radius 1 is 1.40 bits per heavy atom. The van der Waals surface area contributed by atoms with Crippen LogP contribution >= 0.6 is 15.9 Å². The standard InChI is InChI=1S/C16H25BrFNO/c1-4-7-16(2,12-19-8-9-20-3)11-13-5-6-14(18)10-15(13)17/h5-6,10,19H,4,7-9,11-12H2,1-3H3. The first-order valence-corrected chi connectivity index (χ1v) is 7.93. The number of rotatable bonds is 9. The molecule has 1 aromatic rings. The summed E-state index contributed by atoms with van der Waals surface area (Å²) in [5.41, 5.74) is 1.33. The lowest BCUT2D eigenvalue weighted by atomic mass is 9.79. The molecule has 0 radical (unpaired) electrons. The van der Waals surface area contributed by atoms with E-state index in [4.69, 9.17) is 4.74 Å². The Morgan fingerprint density at radius 2 is 2.15 bits per heavy atom. The average Bonchev–Trinajstić information content (AvgIpc) is 2.39. The fourth-order valence-electron chi connectivity index (χ4n) is 2.53. The number of methoxy groups -OCH3 is 1. The molecule has 0 fully saturated rings. The molecule has 1 aromatic carbocycles. The lowest BCUT2D eigenvalue weighted by molar-refractivity contribution is 0.190. The van der Waals surface area contributed by atoms with Crippen molar-refractivity contribution in [2.75, 3.05) is 26.8 Å². The largest absolute Gasteiger partial charge is 0.383 e. The van der Waals surface area contributed by atoms with E-state index in [-0.39, 0.29) is 11.2 Å². The molecule has 20 heavy (non-hydrogen) atoms. The first kappa shape index (κ1) is 17.6. The van der Waals surface area contributed by atoms with Gasteiger partial charge < -0.3 is 10.1 Å². The van der Waals surface area contributed by atoms with Gasteiger partial charge in [0.05, 0.1) is 6.61 Å². The summed E-state index contributed by atoms with van der Waals surface area (Å²) in [6.07, 6.45) is 3.21. The predicted octanol–water partition coefficient (Wildman–Crippen LogP) is 4.17. The van der Waals surface area contributed by atoms with Gasteiger partial charge in [0.25, 0.3) is 0 Å². The molecule has 0 heterocycles. The minimum atomic E-state index is -0.198. The van der Waals surface area contributed by atoms with Gasteiger partial charge in [-0.2, -0.15) is 0 Å². The van der Waals surface area contributed by atoms with Gasteiger partial charge in [0.1, 0.15) is 5.82 Å². The van der Waals surface area contributed by atoms with Gasteiger partial charge >= 0.3 is 0 Å². The topological polar surface area (TPSA) is 21.3 Å². The van der Waals surface area contributed by atoms with E-state index in [0.29, 0.717) is 0 Å². The Morgan fingerprint density at radius 3 is 2.75 bits per heavy atom. The molecular weight excluding hydrogens is 321 g/mol. The maximum Gasteiger partial charge on any atom is 0.124 e. The normalized spacial score (nSPS) is 14.2. The van der Waals surface area contributed by atoms with Gasteiger partial charge in [0, 0.05) is 24.7 Å². The highest BCUT2D eigenvalue weighted by molar-refractivity contribution is 9.10. The Kier molecular flexibility index (Phi) is 7.70. The predicted molar refractivity (Wildman–Crippen MR) is 85.6 cm³/mol. The van der Waals surface area contributed by atoms with Crippen molar-refractivity contribution in [1.29, 1.82) is 0 Å². The molecule has 1 atom stereocenters. The molecule has 0 aliphatic rings. The van der Waals surface area contributed by atoms with Crippen LogP contribution in [-0.2, 0) is 11.2 Å². The zero-order chi connectivity index (χ0) is 15.0. The highest BCUT2D eigenvalue weighted by Gasteiger charge is 2.24. The molecule has 0 spiro atoms. The van der Waals surface area contributed by atoms with Crippen LogP contribution in [-0.4, -0.2) is 26.8 Å². The molecule has 1 N–H and O–H groups in total. The van der Waals surface area contributed by atoms with Gasteiger partial charge in [0.15, 0.2) is 0 Å². The monoisotopic (exact) mass is 345 g/mol. The summed E-state index contributed by atoms with van der Waals surface area (Å²) >= 11 is 3.46. The molecule has 0 saturated carbocycles. The second-order valence-corrected chi connectivity index (χ2v) is 6.50. The van der Waals surface area contributed by atoms with E-state index >= 15 is 0 Å². The molecule has 1 rings (SSSR count). The summed E-state index contributed by atoms with van der Waals surface area (Å²) in [6, 6.07) is 4.95. The third kappa shape index (κ3) is 5.90. The van der Waals surface area contributed by atoms with Crippen LogP contribution < -0.4 is 5.32 Å². The van der Waals surface area contributed by atoms with Crippen LogP contribution in [0.15, 0.2) is 22.7 Å². The van der Waals surface area contributed by atoms with E-state index in [0.717, 1.165) is 49.0 Å². The van der Waals surface area contributed by atoms with Crippen LogP contribution in [0.4, 0.5) is 4.39 Å². The second-order valence-electron chi connectivity index (χ2n) is 5.64. The number of ether oxygens (including phenoxy) is 1. The molecule has 114 valence electrons. The zero-order valence-corrected chi connectivity index (χ0v) is 14.2. The SMILES string of the molecule is CCCC(C)(CNCCOC)Cc1ccc(F)cc1Br. The lowest BCUT2D eigenvalue weighted by Gasteiger charge is -2.30. The van der Waals surface area contributed by atoms with Crippen LogP contribution in [0.3, 0.4) is 0 Å². The third-order valence-electron chi connectivity index (χ3n) is 3.52. The van der Waals surface area contributed by atoms with Crippen LogP contribution in [0.2, 0.25) is 0 Å². The average molecular weight is 346 g/mol. The fraction of sp³-hybridized carbons (Fsp3) is 0.625. The molecule has 0 amide bonds. The minimum absolute atomic E-state index is 0.169. The summed E-state index contributed by atoms with van der Waals surface area (Å²) in [5.74, 6) is -0.198. The Bertz CT molecular complexity index is 413. The number of hydrogen-bond acceptors (Lipinski definition) is 2. The van der Waals surface area contributed by atoms with Gasteiger partial charge in [-0.3, -0.25) is 0 Å². The lowest BCUT2D eigenvalue weighted by Crippen LogP contribution is -2.35. The Hall–Kier alpha value is -0.450. The van der Waals surface area contributed by atoms with Crippen LogP contribution in [0.25, 0.3) is 0 Å². The highest BCUT2D eigenvalue weighted by atomic mass is 79.9. The van der Waals surface area contributed by atoms with Crippen molar-refractivity contribution in [1.82, 2.24) is 5.32 Å². The molecule has 0 bridgehead atoms. The number of nitrogens with one attached hydrogen (secondary N) is 1. The maximum absolute atomic E-state index is 13.2. The highest BCUT2D eigenvalue weighted by Crippen LogP contribution is 2.31. The van der Waals surface area contributed by atoms with Gasteiger partial charge in [0.2, 0.25) is 0 Å². The summed E-state index contributed by atoms with van der Waals surface area (Å²) in [4.78, 5) is 0. The molecule has 2 nitrogen and oxygen atoms in total. The smallest absolute Gasteiger partial charge is 0.124 e. The van der Waals surface area contributed by atoms with Gasteiger partial charge in [-0.1, -0.05) is 42.3 Å². The van der Waals surface area contributed by atoms with Crippen LogP contribution in [0.1, 0.15) is 32.3 Å². The van der Waals surface area contributed by atoms with Gasteiger partial charge in [-0.05, 0) is 36.0 Å². The van der Waals surface area contributed by atoms with Crippen molar-refractivity contribution in [3.8, 4) is 0 Å². The van der Waals surface area contributed by atoms with Crippen LogP contribution in [0.5, 0.6) is 0 Å². The third-order valence-corrected chi connectivity index (χ3v) is 4.26. The minimum Gasteiger partial charge on any atom is -0.383 e. The summed E-state index contributed by atoms with van der Waals surface area (Å²) in [5, 5.41) is 3.45. The van der Waals surface area contributed by atoms with Crippen molar-refractivity contribution in [3.63, 3.8) is 0 Å². The summed E-state index contributed by atoms with van der Waals surface area (Å²) in [6.45, 7) is 7.01. The molecule has 4 heteroatoms. The summed E-state index contributed by atoms with van der Waals surface area (Å²) in [7, 11) is 1.71. The summed E-state index contributed by atoms with van der Waals surface area (Å²) < 4.78 is 19.1. The van der Waals surface area contributed by atoms with Crippen molar-refractivity contribution in [3.05, 3.63) is 34.1 Å². The molecule has 0 aliphatic carbocycles. The first-order valence-electron chi connectivity index (χ1n) is 7.14. The first-order chi connectivity index (χ1) is 9.50. The van der Waals surface area contributed by atoms with E-state index in [2.05, 4.69) is 35.1 Å². The zero-order valence-electron chi connectivity index (χ0n) is 12.6. The molecule has 0 aromatic heterocycles. The molecule has 0 aliphatic heterocycles. The van der Waals surface area contributed by atoms with Gasteiger partial charge in [-0.15, -0.1) is 0 Å². The quantitative estimate of drug-likeness (QED) is 0.678.